The topological polar surface area (TPSA) is 35.5 Å². The van der Waals surface area contributed by atoms with Gasteiger partial charge in [0.05, 0.1) is 16.2 Å². The van der Waals surface area contributed by atoms with E-state index in [0.29, 0.717) is 27.6 Å². The molecule has 5 heteroatoms. The van der Waals surface area contributed by atoms with Crippen molar-refractivity contribution in [3.8, 4) is 5.75 Å². The molecule has 0 aromatic heterocycles. The second-order valence-electron chi connectivity index (χ2n) is 6.20. The molecule has 1 aliphatic rings. The third-order valence-electron chi connectivity index (χ3n) is 3.42. The first-order chi connectivity index (χ1) is 9.14. The number of carbonyl (C=O) groups is 1. The Labute approximate surface area is 129 Å². The molecule has 110 valence electrons. The lowest BCUT2D eigenvalue weighted by Crippen LogP contribution is -2.37. The summed E-state index contributed by atoms with van der Waals surface area (Å²) in [5, 5.41) is 0.742. The summed E-state index contributed by atoms with van der Waals surface area (Å²) in [6.45, 7) is 7.97. The van der Waals surface area contributed by atoms with Crippen molar-refractivity contribution in [2.45, 2.75) is 51.4 Å². The zero-order chi connectivity index (χ0) is 15.1. The summed E-state index contributed by atoms with van der Waals surface area (Å²) < 4.78 is 12.0. The Balaban J connectivity index is 2.33. The van der Waals surface area contributed by atoms with E-state index < -0.39 is 5.60 Å². The number of halogens is 2. The van der Waals surface area contributed by atoms with Crippen molar-refractivity contribution >= 4 is 29.5 Å². The molecule has 0 aliphatic carbocycles. The van der Waals surface area contributed by atoms with Crippen molar-refractivity contribution in [1.29, 1.82) is 0 Å². The predicted molar refractivity (Wildman–Crippen MR) is 80.1 cm³/mol. The van der Waals surface area contributed by atoms with Gasteiger partial charge in [0.15, 0.2) is 6.29 Å². The molecule has 0 N–H and O–H groups in total. The van der Waals surface area contributed by atoms with E-state index in [1.807, 2.05) is 27.7 Å². The predicted octanol–water partition coefficient (Wildman–Crippen LogP) is 4.53. The van der Waals surface area contributed by atoms with Gasteiger partial charge in [-0.05, 0) is 39.8 Å². The van der Waals surface area contributed by atoms with Crippen LogP contribution in [0.4, 0.5) is 0 Å². The van der Waals surface area contributed by atoms with Crippen LogP contribution in [-0.2, 0) is 4.74 Å². The minimum absolute atomic E-state index is 0.185. The van der Waals surface area contributed by atoms with E-state index in [2.05, 4.69) is 0 Å². The molecule has 1 aromatic rings. The highest BCUT2D eigenvalue weighted by Gasteiger charge is 2.47. The van der Waals surface area contributed by atoms with Crippen molar-refractivity contribution in [2.24, 2.45) is 0 Å². The molecular weight excluding hydrogens is 299 g/mol. The molecule has 2 rings (SSSR count). The first-order valence-electron chi connectivity index (χ1n) is 6.46. The summed E-state index contributed by atoms with van der Waals surface area (Å²) in [6.07, 6.45) is 1.23. The van der Waals surface area contributed by atoms with Gasteiger partial charge in [0.1, 0.15) is 17.5 Å². The normalized spacial score (nSPS) is 23.6. The van der Waals surface area contributed by atoms with Gasteiger partial charge < -0.3 is 9.47 Å². The van der Waals surface area contributed by atoms with E-state index in [-0.39, 0.29) is 11.7 Å². The minimum Gasteiger partial charge on any atom is -0.485 e. The Morgan fingerprint density at radius 3 is 2.45 bits per heavy atom. The number of aldehydes is 1. The number of hydrogen-bond donors (Lipinski definition) is 0. The number of hydrogen-bond acceptors (Lipinski definition) is 3. The summed E-state index contributed by atoms with van der Waals surface area (Å²) >= 11 is 12.0. The fourth-order valence-corrected chi connectivity index (χ4v) is 3.18. The quantitative estimate of drug-likeness (QED) is 0.768. The Morgan fingerprint density at radius 2 is 1.95 bits per heavy atom. The molecule has 1 aliphatic heterocycles. The molecule has 1 heterocycles. The van der Waals surface area contributed by atoms with E-state index in [0.717, 1.165) is 6.42 Å². The molecule has 0 bridgehead atoms. The van der Waals surface area contributed by atoms with Gasteiger partial charge in [-0.3, -0.25) is 4.79 Å². The van der Waals surface area contributed by atoms with Crippen LogP contribution in [0.1, 0.15) is 44.5 Å². The van der Waals surface area contributed by atoms with Crippen LogP contribution in [0.5, 0.6) is 5.75 Å². The Kier molecular flexibility index (Phi) is 4.07. The summed E-state index contributed by atoms with van der Waals surface area (Å²) in [4.78, 5) is 11.2. The SMILES string of the molecule is CC1(C)CC(Oc2c(Cl)cc(Cl)cc2C=O)C(C)(C)O1. The van der Waals surface area contributed by atoms with Crippen LogP contribution in [0.2, 0.25) is 10.0 Å². The smallest absolute Gasteiger partial charge is 0.153 e. The number of carbonyl (C=O) groups excluding carboxylic acids is 1. The van der Waals surface area contributed by atoms with E-state index in [1.54, 1.807) is 12.1 Å². The van der Waals surface area contributed by atoms with Crippen LogP contribution in [-0.4, -0.2) is 23.6 Å². The largest absolute Gasteiger partial charge is 0.485 e. The second kappa shape index (κ2) is 5.21. The standard InChI is InChI=1S/C15H18Cl2O3/c1-14(2)7-12(15(3,4)20-14)19-13-9(8-18)5-10(16)6-11(13)17/h5-6,8,12H,7H2,1-4H3. The van der Waals surface area contributed by atoms with Gasteiger partial charge in [-0.25, -0.2) is 0 Å². The zero-order valence-electron chi connectivity index (χ0n) is 12.0. The summed E-state index contributed by atoms with van der Waals surface area (Å²) in [5.41, 5.74) is -0.371. The first kappa shape index (κ1) is 15.6. The summed E-state index contributed by atoms with van der Waals surface area (Å²) in [6, 6.07) is 3.11. The van der Waals surface area contributed by atoms with Gasteiger partial charge in [0, 0.05) is 11.4 Å². The molecule has 20 heavy (non-hydrogen) atoms. The van der Waals surface area contributed by atoms with Gasteiger partial charge >= 0.3 is 0 Å². The molecule has 3 nitrogen and oxygen atoms in total. The molecule has 0 amide bonds. The van der Waals surface area contributed by atoms with Crippen molar-refractivity contribution < 1.29 is 14.3 Å². The molecule has 1 atom stereocenters. The van der Waals surface area contributed by atoms with E-state index in [9.17, 15) is 4.79 Å². The Bertz CT molecular complexity index is 538. The third-order valence-corrected chi connectivity index (χ3v) is 3.91. The van der Waals surface area contributed by atoms with Crippen LogP contribution in [0.3, 0.4) is 0 Å². The second-order valence-corrected chi connectivity index (χ2v) is 7.04. The Morgan fingerprint density at radius 1 is 1.30 bits per heavy atom. The monoisotopic (exact) mass is 316 g/mol. The van der Waals surface area contributed by atoms with E-state index >= 15 is 0 Å². The maximum Gasteiger partial charge on any atom is 0.153 e. The zero-order valence-corrected chi connectivity index (χ0v) is 13.5. The van der Waals surface area contributed by atoms with Crippen LogP contribution in [0.15, 0.2) is 12.1 Å². The highest BCUT2D eigenvalue weighted by molar-refractivity contribution is 6.36. The first-order valence-corrected chi connectivity index (χ1v) is 7.21. The van der Waals surface area contributed by atoms with Gasteiger partial charge in [-0.1, -0.05) is 23.2 Å². The summed E-state index contributed by atoms with van der Waals surface area (Å²) in [7, 11) is 0. The van der Waals surface area contributed by atoms with Crippen LogP contribution in [0.25, 0.3) is 0 Å². The molecule has 0 saturated carbocycles. The van der Waals surface area contributed by atoms with Gasteiger partial charge in [-0.2, -0.15) is 0 Å². The lowest BCUT2D eigenvalue weighted by molar-refractivity contribution is -0.0846. The van der Waals surface area contributed by atoms with Crippen molar-refractivity contribution in [1.82, 2.24) is 0 Å². The highest BCUT2D eigenvalue weighted by Crippen LogP contribution is 2.41. The average Bonchev–Trinajstić information content (AvgIpc) is 2.49. The molecule has 1 fully saturated rings. The van der Waals surface area contributed by atoms with E-state index in [4.69, 9.17) is 32.7 Å². The number of ether oxygens (including phenoxy) is 2. The molecule has 1 unspecified atom stereocenters. The van der Waals surface area contributed by atoms with E-state index in [1.165, 1.54) is 0 Å². The van der Waals surface area contributed by atoms with Gasteiger partial charge in [0.25, 0.3) is 0 Å². The van der Waals surface area contributed by atoms with Crippen LogP contribution in [0, 0.1) is 0 Å². The fraction of sp³-hybridized carbons (Fsp3) is 0.533. The molecule has 0 radical (unpaired) electrons. The van der Waals surface area contributed by atoms with Crippen molar-refractivity contribution in [3.05, 3.63) is 27.7 Å². The minimum atomic E-state index is -0.452. The number of benzene rings is 1. The summed E-state index contributed by atoms with van der Waals surface area (Å²) in [5.74, 6) is 0.366. The lowest BCUT2D eigenvalue weighted by Gasteiger charge is -2.28. The van der Waals surface area contributed by atoms with Gasteiger partial charge in [-0.15, -0.1) is 0 Å². The maximum absolute atomic E-state index is 11.2. The van der Waals surface area contributed by atoms with Crippen molar-refractivity contribution in [2.75, 3.05) is 0 Å². The third kappa shape index (κ3) is 3.11. The van der Waals surface area contributed by atoms with Crippen molar-refractivity contribution in [3.63, 3.8) is 0 Å². The molecular formula is C15H18Cl2O3. The average molecular weight is 317 g/mol. The molecule has 1 aromatic carbocycles. The highest BCUT2D eigenvalue weighted by atomic mass is 35.5. The van der Waals surface area contributed by atoms with Crippen LogP contribution >= 0.6 is 23.2 Å². The van der Waals surface area contributed by atoms with Crippen LogP contribution < -0.4 is 4.74 Å². The molecule has 0 spiro atoms. The number of rotatable bonds is 3. The fourth-order valence-electron chi connectivity index (χ4n) is 2.63. The van der Waals surface area contributed by atoms with Gasteiger partial charge in [0.2, 0.25) is 0 Å². The lowest BCUT2D eigenvalue weighted by atomic mass is 9.97. The maximum atomic E-state index is 11.2. The Hall–Kier alpha value is -0.770. The molecule has 1 saturated heterocycles.